The second-order valence-electron chi connectivity index (χ2n) is 2.40. The summed E-state index contributed by atoms with van der Waals surface area (Å²) in [4.78, 5) is 4.09. The molecule has 0 aliphatic heterocycles. The van der Waals surface area contributed by atoms with Crippen LogP contribution >= 0.6 is 15.9 Å². The van der Waals surface area contributed by atoms with Gasteiger partial charge in [0.2, 0.25) is 0 Å². The SMILES string of the molecule is Cc1ccnc(C)c1C(=N)Br. The van der Waals surface area contributed by atoms with Crippen molar-refractivity contribution in [3.05, 3.63) is 29.1 Å². The number of halogens is 1. The van der Waals surface area contributed by atoms with Crippen molar-refractivity contribution < 1.29 is 0 Å². The largest absolute Gasteiger partial charge is 0.293 e. The van der Waals surface area contributed by atoms with Gasteiger partial charge in [-0.25, -0.2) is 0 Å². The molecule has 0 saturated heterocycles. The molecule has 1 heterocycles. The maximum atomic E-state index is 7.39. The van der Waals surface area contributed by atoms with E-state index in [4.69, 9.17) is 5.41 Å². The number of pyridine rings is 1. The van der Waals surface area contributed by atoms with E-state index in [1.807, 2.05) is 19.9 Å². The van der Waals surface area contributed by atoms with Gasteiger partial charge in [-0.15, -0.1) is 0 Å². The Morgan fingerprint density at radius 3 is 2.55 bits per heavy atom. The van der Waals surface area contributed by atoms with Crippen molar-refractivity contribution in [2.24, 2.45) is 0 Å². The molecule has 0 amide bonds. The summed E-state index contributed by atoms with van der Waals surface area (Å²) in [5.74, 6) is 0. The third-order valence-electron chi connectivity index (χ3n) is 1.57. The predicted octanol–water partition coefficient (Wildman–Crippen LogP) is 2.42. The molecule has 2 nitrogen and oxygen atoms in total. The maximum Gasteiger partial charge on any atom is 0.106 e. The molecule has 1 rings (SSSR count). The molecule has 0 radical (unpaired) electrons. The van der Waals surface area contributed by atoms with Crippen LogP contribution in [0.2, 0.25) is 0 Å². The zero-order valence-electron chi connectivity index (χ0n) is 6.48. The molecule has 0 bridgehead atoms. The molecule has 3 heteroatoms. The van der Waals surface area contributed by atoms with Gasteiger partial charge in [-0.05, 0) is 41.4 Å². The van der Waals surface area contributed by atoms with Crippen LogP contribution in [0.15, 0.2) is 12.3 Å². The van der Waals surface area contributed by atoms with E-state index in [2.05, 4.69) is 20.9 Å². The highest BCUT2D eigenvalue weighted by atomic mass is 79.9. The van der Waals surface area contributed by atoms with Crippen molar-refractivity contribution in [1.29, 1.82) is 5.41 Å². The van der Waals surface area contributed by atoms with E-state index in [0.717, 1.165) is 16.8 Å². The Kier molecular flexibility index (Phi) is 2.39. The number of nitrogens with zero attached hydrogens (tertiary/aromatic N) is 1. The summed E-state index contributed by atoms with van der Waals surface area (Å²) >= 11 is 3.13. The first-order valence-corrected chi connectivity index (χ1v) is 4.09. The number of aromatic nitrogens is 1. The third kappa shape index (κ3) is 1.66. The second kappa shape index (κ2) is 3.13. The fourth-order valence-electron chi connectivity index (χ4n) is 1.03. The Morgan fingerprint density at radius 2 is 2.18 bits per heavy atom. The minimum Gasteiger partial charge on any atom is -0.293 e. The van der Waals surface area contributed by atoms with E-state index >= 15 is 0 Å². The van der Waals surface area contributed by atoms with E-state index in [1.165, 1.54) is 0 Å². The van der Waals surface area contributed by atoms with Crippen LogP contribution in [0, 0.1) is 19.3 Å². The summed E-state index contributed by atoms with van der Waals surface area (Å²) < 4.78 is 0.403. The van der Waals surface area contributed by atoms with Crippen LogP contribution in [0.25, 0.3) is 0 Å². The highest BCUT2D eigenvalue weighted by Gasteiger charge is 2.04. The van der Waals surface area contributed by atoms with Crippen molar-refractivity contribution in [3.63, 3.8) is 0 Å². The quantitative estimate of drug-likeness (QED) is 0.714. The lowest BCUT2D eigenvalue weighted by Gasteiger charge is -2.03. The van der Waals surface area contributed by atoms with Crippen molar-refractivity contribution in [1.82, 2.24) is 4.98 Å². The molecule has 1 N–H and O–H groups in total. The van der Waals surface area contributed by atoms with Gasteiger partial charge < -0.3 is 0 Å². The number of rotatable bonds is 1. The molecule has 0 aliphatic carbocycles. The number of aryl methyl sites for hydroxylation is 2. The van der Waals surface area contributed by atoms with Gasteiger partial charge in [0, 0.05) is 17.5 Å². The zero-order valence-corrected chi connectivity index (χ0v) is 8.07. The van der Waals surface area contributed by atoms with Gasteiger partial charge in [-0.1, -0.05) is 0 Å². The predicted molar refractivity (Wildman–Crippen MR) is 49.5 cm³/mol. The Morgan fingerprint density at radius 1 is 1.55 bits per heavy atom. The molecule has 0 fully saturated rings. The number of hydrogen-bond donors (Lipinski definition) is 1. The van der Waals surface area contributed by atoms with Crippen LogP contribution in [-0.4, -0.2) is 9.60 Å². The average Bonchev–Trinajstić information content (AvgIpc) is 1.85. The summed E-state index contributed by atoms with van der Waals surface area (Å²) in [6, 6.07) is 1.90. The molecule has 1 aromatic rings. The molecule has 58 valence electrons. The van der Waals surface area contributed by atoms with Crippen molar-refractivity contribution in [3.8, 4) is 0 Å². The first-order chi connectivity index (χ1) is 5.13. The maximum absolute atomic E-state index is 7.39. The standard InChI is InChI=1S/C8H9BrN2/c1-5-3-4-11-6(2)7(5)8(9)10/h3-4,10H,1-2H3. The molecule has 0 unspecified atom stereocenters. The van der Waals surface area contributed by atoms with Gasteiger partial charge in [-0.2, -0.15) is 0 Å². The fraction of sp³-hybridized carbons (Fsp3) is 0.250. The lowest BCUT2D eigenvalue weighted by Crippen LogP contribution is -1.98. The summed E-state index contributed by atoms with van der Waals surface area (Å²) in [5, 5.41) is 7.39. The minimum atomic E-state index is 0.403. The lowest BCUT2D eigenvalue weighted by molar-refractivity contribution is 1.16. The second-order valence-corrected chi connectivity index (χ2v) is 3.20. The molecular formula is C8H9BrN2. The van der Waals surface area contributed by atoms with E-state index < -0.39 is 0 Å². The van der Waals surface area contributed by atoms with Gasteiger partial charge in [0.05, 0.1) is 0 Å². The summed E-state index contributed by atoms with van der Waals surface area (Å²) in [6.07, 6.45) is 1.75. The normalized spacial score (nSPS) is 9.73. The fourth-order valence-corrected chi connectivity index (χ4v) is 1.63. The van der Waals surface area contributed by atoms with Crippen molar-refractivity contribution in [2.75, 3.05) is 0 Å². The van der Waals surface area contributed by atoms with Crippen LogP contribution in [0.4, 0.5) is 0 Å². The molecule has 1 aromatic heterocycles. The molecular weight excluding hydrogens is 204 g/mol. The lowest BCUT2D eigenvalue weighted by atomic mass is 10.1. The van der Waals surface area contributed by atoms with E-state index in [9.17, 15) is 0 Å². The van der Waals surface area contributed by atoms with Crippen LogP contribution < -0.4 is 0 Å². The summed E-state index contributed by atoms with van der Waals surface area (Å²) in [6.45, 7) is 3.87. The summed E-state index contributed by atoms with van der Waals surface area (Å²) in [5.41, 5.74) is 2.87. The van der Waals surface area contributed by atoms with Gasteiger partial charge in [-0.3, -0.25) is 10.4 Å². The van der Waals surface area contributed by atoms with Gasteiger partial charge in [0.1, 0.15) is 4.62 Å². The Balaban J connectivity index is 3.32. The molecule has 0 saturated carbocycles. The minimum absolute atomic E-state index is 0.403. The van der Waals surface area contributed by atoms with Crippen LogP contribution in [-0.2, 0) is 0 Å². The van der Waals surface area contributed by atoms with Crippen LogP contribution in [0.3, 0.4) is 0 Å². The highest BCUT2D eigenvalue weighted by Crippen LogP contribution is 2.13. The van der Waals surface area contributed by atoms with Crippen LogP contribution in [0.1, 0.15) is 16.8 Å². The molecule has 11 heavy (non-hydrogen) atoms. The van der Waals surface area contributed by atoms with Crippen molar-refractivity contribution >= 4 is 20.6 Å². The number of nitrogens with one attached hydrogen (secondary N) is 1. The number of hydrogen-bond acceptors (Lipinski definition) is 2. The Labute approximate surface area is 74.3 Å². The molecule has 0 aromatic carbocycles. The van der Waals surface area contributed by atoms with E-state index in [-0.39, 0.29) is 0 Å². The van der Waals surface area contributed by atoms with Gasteiger partial charge in [0.25, 0.3) is 0 Å². The monoisotopic (exact) mass is 212 g/mol. The molecule has 0 aliphatic rings. The van der Waals surface area contributed by atoms with Crippen molar-refractivity contribution in [2.45, 2.75) is 13.8 Å². The topological polar surface area (TPSA) is 36.7 Å². The van der Waals surface area contributed by atoms with E-state index in [0.29, 0.717) is 4.62 Å². The molecule has 0 atom stereocenters. The Bertz CT molecular complexity index is 274. The highest BCUT2D eigenvalue weighted by molar-refractivity contribution is 9.18. The van der Waals surface area contributed by atoms with Crippen LogP contribution in [0.5, 0.6) is 0 Å². The van der Waals surface area contributed by atoms with Gasteiger partial charge in [0.15, 0.2) is 0 Å². The molecule has 0 spiro atoms. The smallest absolute Gasteiger partial charge is 0.106 e. The van der Waals surface area contributed by atoms with Gasteiger partial charge >= 0.3 is 0 Å². The average molecular weight is 213 g/mol. The first kappa shape index (κ1) is 8.40. The zero-order chi connectivity index (χ0) is 8.43. The first-order valence-electron chi connectivity index (χ1n) is 3.29. The third-order valence-corrected chi connectivity index (χ3v) is 1.96. The summed E-state index contributed by atoms with van der Waals surface area (Å²) in [7, 11) is 0. The Hall–Kier alpha value is -0.700. The van der Waals surface area contributed by atoms with E-state index in [1.54, 1.807) is 6.20 Å².